The molecule has 0 saturated carbocycles. The van der Waals surface area contributed by atoms with Crippen molar-refractivity contribution < 1.29 is 24.6 Å². The van der Waals surface area contributed by atoms with Gasteiger partial charge in [0.15, 0.2) is 5.78 Å². The Morgan fingerprint density at radius 1 is 0.810 bits per heavy atom. The van der Waals surface area contributed by atoms with Crippen LogP contribution in [-0.2, 0) is 0 Å². The highest BCUT2D eigenvalue weighted by Crippen LogP contribution is 2.18. The van der Waals surface area contributed by atoms with E-state index in [0.29, 0.717) is 5.56 Å². The highest BCUT2D eigenvalue weighted by Gasteiger charge is 2.19. The normalized spacial score (nSPS) is 10.1. The van der Waals surface area contributed by atoms with E-state index in [2.05, 4.69) is 0 Å². The summed E-state index contributed by atoms with van der Waals surface area (Å²) in [6.45, 7) is 1.63. The van der Waals surface area contributed by atoms with Crippen LogP contribution in [0.4, 0.5) is 0 Å². The van der Waals surface area contributed by atoms with Gasteiger partial charge in [0, 0.05) is 11.1 Å². The van der Waals surface area contributed by atoms with Gasteiger partial charge in [-0.1, -0.05) is 30.3 Å². The summed E-state index contributed by atoms with van der Waals surface area (Å²) < 4.78 is 0. The second kappa shape index (κ2) is 5.58. The molecule has 2 aromatic rings. The number of aryl methyl sites for hydroxylation is 1. The van der Waals surface area contributed by atoms with E-state index < -0.39 is 17.7 Å². The van der Waals surface area contributed by atoms with Crippen LogP contribution in [0.5, 0.6) is 0 Å². The van der Waals surface area contributed by atoms with Gasteiger partial charge in [0.1, 0.15) is 0 Å². The maximum absolute atomic E-state index is 12.4. The number of aromatic carboxylic acids is 2. The standard InChI is InChI=1S/C16H12O5/c1-9-6-7-10(8-13(9)16(20)21)14(17)11-4-2-3-5-12(11)15(18)19/h2-8H,1H3,(H,18,19)(H,20,21). The molecule has 106 valence electrons. The molecule has 5 nitrogen and oxygen atoms in total. The first-order valence-electron chi connectivity index (χ1n) is 6.12. The molecule has 0 bridgehead atoms. The number of carbonyl (C=O) groups excluding carboxylic acids is 1. The van der Waals surface area contributed by atoms with Gasteiger partial charge in [-0.2, -0.15) is 0 Å². The Morgan fingerprint density at radius 3 is 1.95 bits per heavy atom. The van der Waals surface area contributed by atoms with Crippen molar-refractivity contribution in [3.8, 4) is 0 Å². The molecule has 2 N–H and O–H groups in total. The number of ketones is 1. The van der Waals surface area contributed by atoms with Crippen molar-refractivity contribution in [3.63, 3.8) is 0 Å². The summed E-state index contributed by atoms with van der Waals surface area (Å²) in [5, 5.41) is 18.2. The smallest absolute Gasteiger partial charge is 0.336 e. The van der Waals surface area contributed by atoms with Gasteiger partial charge in [-0.05, 0) is 24.6 Å². The van der Waals surface area contributed by atoms with Crippen molar-refractivity contribution in [1.29, 1.82) is 0 Å². The maximum atomic E-state index is 12.4. The van der Waals surface area contributed by atoms with Crippen LogP contribution in [0.25, 0.3) is 0 Å². The highest BCUT2D eigenvalue weighted by atomic mass is 16.4. The molecular formula is C16H12O5. The largest absolute Gasteiger partial charge is 0.478 e. The van der Waals surface area contributed by atoms with E-state index in [4.69, 9.17) is 10.2 Å². The average Bonchev–Trinajstić information content (AvgIpc) is 2.46. The summed E-state index contributed by atoms with van der Waals surface area (Å²) in [4.78, 5) is 34.6. The predicted octanol–water partition coefficient (Wildman–Crippen LogP) is 2.62. The van der Waals surface area contributed by atoms with Gasteiger partial charge < -0.3 is 10.2 Å². The Morgan fingerprint density at radius 2 is 1.38 bits per heavy atom. The maximum Gasteiger partial charge on any atom is 0.336 e. The molecule has 0 spiro atoms. The number of carboxylic acid groups (broad SMARTS) is 2. The Labute approximate surface area is 120 Å². The van der Waals surface area contributed by atoms with Crippen molar-refractivity contribution in [2.24, 2.45) is 0 Å². The lowest BCUT2D eigenvalue weighted by Gasteiger charge is -2.07. The first-order valence-corrected chi connectivity index (χ1v) is 6.12. The Balaban J connectivity index is 2.53. The van der Waals surface area contributed by atoms with E-state index >= 15 is 0 Å². The fourth-order valence-electron chi connectivity index (χ4n) is 2.02. The molecule has 0 heterocycles. The van der Waals surface area contributed by atoms with Gasteiger partial charge >= 0.3 is 11.9 Å². The monoisotopic (exact) mass is 284 g/mol. The third kappa shape index (κ3) is 2.81. The van der Waals surface area contributed by atoms with Gasteiger partial charge in [-0.3, -0.25) is 4.79 Å². The zero-order valence-electron chi connectivity index (χ0n) is 11.2. The minimum absolute atomic E-state index is 0.0219. The zero-order chi connectivity index (χ0) is 15.6. The van der Waals surface area contributed by atoms with E-state index in [1.54, 1.807) is 13.0 Å². The molecule has 2 aromatic carbocycles. The van der Waals surface area contributed by atoms with Crippen LogP contribution in [0.3, 0.4) is 0 Å². The molecule has 0 unspecified atom stereocenters. The molecule has 0 aliphatic rings. The lowest BCUT2D eigenvalue weighted by Crippen LogP contribution is -2.11. The minimum atomic E-state index is -1.20. The van der Waals surface area contributed by atoms with E-state index in [1.807, 2.05) is 0 Å². The Bertz CT molecular complexity index is 746. The van der Waals surface area contributed by atoms with Crippen LogP contribution >= 0.6 is 0 Å². The molecule has 0 aliphatic heterocycles. The lowest BCUT2D eigenvalue weighted by molar-refractivity contribution is 0.0683. The molecule has 0 atom stereocenters. The molecule has 2 rings (SSSR count). The summed E-state index contributed by atoms with van der Waals surface area (Å²) in [5.74, 6) is -2.85. The Kier molecular flexibility index (Phi) is 3.84. The lowest BCUT2D eigenvalue weighted by atomic mass is 9.96. The fraction of sp³-hybridized carbons (Fsp3) is 0.0625. The average molecular weight is 284 g/mol. The van der Waals surface area contributed by atoms with Crippen molar-refractivity contribution in [1.82, 2.24) is 0 Å². The number of carboxylic acids is 2. The Hall–Kier alpha value is -2.95. The quantitative estimate of drug-likeness (QED) is 0.842. The predicted molar refractivity (Wildman–Crippen MR) is 75.0 cm³/mol. The van der Waals surface area contributed by atoms with Crippen molar-refractivity contribution in [2.45, 2.75) is 6.92 Å². The molecule has 0 fully saturated rings. The van der Waals surface area contributed by atoms with Crippen molar-refractivity contribution in [3.05, 3.63) is 70.3 Å². The number of hydrogen-bond acceptors (Lipinski definition) is 3. The first-order chi connectivity index (χ1) is 9.91. The van der Waals surface area contributed by atoms with Crippen LogP contribution in [-0.4, -0.2) is 27.9 Å². The van der Waals surface area contributed by atoms with E-state index in [0.717, 1.165) is 0 Å². The topological polar surface area (TPSA) is 91.7 Å². The van der Waals surface area contributed by atoms with Gasteiger partial charge in [-0.25, -0.2) is 9.59 Å². The number of carbonyl (C=O) groups is 3. The molecule has 0 saturated heterocycles. The number of benzene rings is 2. The second-order valence-electron chi connectivity index (χ2n) is 4.51. The molecule has 0 radical (unpaired) electrons. The minimum Gasteiger partial charge on any atom is -0.478 e. The molecule has 0 aliphatic carbocycles. The molecule has 21 heavy (non-hydrogen) atoms. The van der Waals surface area contributed by atoms with E-state index in [-0.39, 0.29) is 22.3 Å². The molecule has 0 amide bonds. The van der Waals surface area contributed by atoms with E-state index in [1.165, 1.54) is 36.4 Å². The summed E-state index contributed by atoms with van der Waals surface area (Å²) in [7, 11) is 0. The van der Waals surface area contributed by atoms with Crippen molar-refractivity contribution >= 4 is 17.7 Å². The van der Waals surface area contributed by atoms with Gasteiger partial charge in [0.2, 0.25) is 0 Å². The first kappa shape index (κ1) is 14.5. The van der Waals surface area contributed by atoms with E-state index in [9.17, 15) is 14.4 Å². The second-order valence-corrected chi connectivity index (χ2v) is 4.51. The third-order valence-electron chi connectivity index (χ3n) is 3.13. The van der Waals surface area contributed by atoms with Crippen LogP contribution < -0.4 is 0 Å². The fourth-order valence-corrected chi connectivity index (χ4v) is 2.02. The number of hydrogen-bond donors (Lipinski definition) is 2. The summed E-state index contributed by atoms with van der Waals surface area (Å²) >= 11 is 0. The zero-order valence-corrected chi connectivity index (χ0v) is 11.2. The summed E-state index contributed by atoms with van der Waals surface area (Å²) in [6.07, 6.45) is 0. The van der Waals surface area contributed by atoms with Crippen LogP contribution in [0, 0.1) is 6.92 Å². The summed E-state index contributed by atoms with van der Waals surface area (Å²) in [5.41, 5.74) is 0.621. The number of rotatable bonds is 4. The van der Waals surface area contributed by atoms with Crippen LogP contribution in [0.15, 0.2) is 42.5 Å². The molecule has 5 heteroatoms. The van der Waals surface area contributed by atoms with Crippen molar-refractivity contribution in [2.75, 3.05) is 0 Å². The van der Waals surface area contributed by atoms with Gasteiger partial charge in [0.05, 0.1) is 11.1 Å². The third-order valence-corrected chi connectivity index (χ3v) is 3.13. The van der Waals surface area contributed by atoms with Gasteiger partial charge in [0.25, 0.3) is 0 Å². The highest BCUT2D eigenvalue weighted by molar-refractivity contribution is 6.14. The van der Waals surface area contributed by atoms with Crippen LogP contribution in [0.2, 0.25) is 0 Å². The molecule has 0 aromatic heterocycles. The van der Waals surface area contributed by atoms with Crippen LogP contribution in [0.1, 0.15) is 42.2 Å². The molecular weight excluding hydrogens is 272 g/mol. The van der Waals surface area contributed by atoms with Gasteiger partial charge in [-0.15, -0.1) is 0 Å². The summed E-state index contributed by atoms with van der Waals surface area (Å²) in [6, 6.07) is 10.1. The SMILES string of the molecule is Cc1ccc(C(=O)c2ccccc2C(=O)O)cc1C(=O)O.